The minimum atomic E-state index is -0.575. The third-order valence-electron chi connectivity index (χ3n) is 5.56. The fourth-order valence-corrected chi connectivity index (χ4v) is 4.15. The fourth-order valence-electron chi connectivity index (χ4n) is 4.15. The number of pyridine rings is 1. The van der Waals surface area contributed by atoms with Crippen molar-refractivity contribution in [2.45, 2.75) is 45.4 Å². The molecular formula is C23H26FN3O4. The quantitative estimate of drug-likeness (QED) is 0.744. The number of hydrogen-bond acceptors (Lipinski definition) is 5. The van der Waals surface area contributed by atoms with Crippen molar-refractivity contribution in [1.82, 2.24) is 14.8 Å². The van der Waals surface area contributed by atoms with Gasteiger partial charge in [-0.25, -0.2) is 9.18 Å². The SMILES string of the molecule is COc1cccc(F)c1-c1nccc2c1CN(C1CCN(C(=O)OC(C)(C)C)C1)C2=O. The van der Waals surface area contributed by atoms with E-state index in [0.717, 1.165) is 0 Å². The molecule has 0 saturated carbocycles. The zero-order valence-corrected chi connectivity index (χ0v) is 18.1. The molecule has 0 bridgehead atoms. The van der Waals surface area contributed by atoms with Gasteiger partial charge in [0, 0.05) is 37.0 Å². The van der Waals surface area contributed by atoms with Gasteiger partial charge >= 0.3 is 6.09 Å². The van der Waals surface area contributed by atoms with Gasteiger partial charge in [-0.05, 0) is 45.4 Å². The summed E-state index contributed by atoms with van der Waals surface area (Å²) in [6.45, 7) is 6.70. The third-order valence-corrected chi connectivity index (χ3v) is 5.56. The maximum absolute atomic E-state index is 14.7. The van der Waals surface area contributed by atoms with Crippen LogP contribution in [0.15, 0.2) is 30.5 Å². The molecule has 2 aliphatic rings. The van der Waals surface area contributed by atoms with Crippen LogP contribution in [0.3, 0.4) is 0 Å². The molecule has 2 aliphatic heterocycles. The van der Waals surface area contributed by atoms with Gasteiger partial charge in [0.25, 0.3) is 5.91 Å². The number of ether oxygens (including phenoxy) is 2. The molecular weight excluding hydrogens is 401 g/mol. The topological polar surface area (TPSA) is 72.0 Å². The average molecular weight is 427 g/mol. The Kier molecular flexibility index (Phi) is 5.33. The minimum Gasteiger partial charge on any atom is -0.496 e. The number of halogens is 1. The normalized spacial score (nSPS) is 18.4. The van der Waals surface area contributed by atoms with E-state index in [0.29, 0.717) is 48.6 Å². The first-order chi connectivity index (χ1) is 14.7. The van der Waals surface area contributed by atoms with E-state index < -0.39 is 11.4 Å². The summed E-state index contributed by atoms with van der Waals surface area (Å²) in [5.74, 6) is -0.225. The highest BCUT2D eigenvalue weighted by Gasteiger charge is 2.40. The Morgan fingerprint density at radius 1 is 1.26 bits per heavy atom. The van der Waals surface area contributed by atoms with Crippen molar-refractivity contribution in [2.24, 2.45) is 0 Å². The molecule has 8 heteroatoms. The van der Waals surface area contributed by atoms with E-state index in [1.165, 1.54) is 19.4 Å². The van der Waals surface area contributed by atoms with Crippen LogP contribution in [0.4, 0.5) is 9.18 Å². The largest absolute Gasteiger partial charge is 0.496 e. The van der Waals surface area contributed by atoms with Crippen molar-refractivity contribution in [1.29, 1.82) is 0 Å². The number of nitrogens with zero attached hydrogens (tertiary/aromatic N) is 3. The van der Waals surface area contributed by atoms with Crippen LogP contribution in [-0.2, 0) is 11.3 Å². The summed E-state index contributed by atoms with van der Waals surface area (Å²) in [7, 11) is 1.47. The summed E-state index contributed by atoms with van der Waals surface area (Å²) in [5, 5.41) is 0. The van der Waals surface area contributed by atoms with Crippen molar-refractivity contribution < 1.29 is 23.5 Å². The molecule has 0 aliphatic carbocycles. The van der Waals surface area contributed by atoms with Crippen molar-refractivity contribution in [2.75, 3.05) is 20.2 Å². The number of likely N-dealkylation sites (tertiary alicyclic amines) is 1. The lowest BCUT2D eigenvalue weighted by Gasteiger charge is -2.26. The first-order valence-corrected chi connectivity index (χ1v) is 10.3. The highest BCUT2D eigenvalue weighted by Crippen LogP contribution is 2.38. The number of benzene rings is 1. The molecule has 0 spiro atoms. The lowest BCUT2D eigenvalue weighted by Crippen LogP contribution is -2.40. The molecule has 2 aromatic rings. The van der Waals surface area contributed by atoms with Gasteiger partial charge in [0.05, 0.1) is 24.4 Å². The second-order valence-electron chi connectivity index (χ2n) is 8.80. The van der Waals surface area contributed by atoms with E-state index in [4.69, 9.17) is 9.47 Å². The zero-order chi connectivity index (χ0) is 22.3. The molecule has 4 rings (SSSR count). The maximum Gasteiger partial charge on any atom is 0.410 e. The van der Waals surface area contributed by atoms with Crippen molar-refractivity contribution in [3.05, 3.63) is 47.4 Å². The Bertz CT molecular complexity index is 1030. The Morgan fingerprint density at radius 2 is 2.03 bits per heavy atom. The van der Waals surface area contributed by atoms with Gasteiger partial charge < -0.3 is 19.3 Å². The maximum atomic E-state index is 14.7. The number of aromatic nitrogens is 1. The number of amides is 2. The molecule has 1 unspecified atom stereocenters. The number of methoxy groups -OCH3 is 1. The smallest absolute Gasteiger partial charge is 0.410 e. The summed E-state index contributed by atoms with van der Waals surface area (Å²) in [5.41, 5.74) is 1.26. The lowest BCUT2D eigenvalue weighted by atomic mass is 10.0. The molecule has 1 aromatic heterocycles. The summed E-state index contributed by atoms with van der Waals surface area (Å²) in [4.78, 5) is 33.3. The van der Waals surface area contributed by atoms with Crippen LogP contribution < -0.4 is 4.74 Å². The second-order valence-corrected chi connectivity index (χ2v) is 8.80. The first kappa shape index (κ1) is 21.1. The molecule has 1 aromatic carbocycles. The molecule has 0 N–H and O–H groups in total. The number of rotatable bonds is 3. The van der Waals surface area contributed by atoms with E-state index in [-0.39, 0.29) is 23.6 Å². The molecule has 31 heavy (non-hydrogen) atoms. The van der Waals surface area contributed by atoms with E-state index in [1.807, 2.05) is 20.8 Å². The highest BCUT2D eigenvalue weighted by atomic mass is 19.1. The highest BCUT2D eigenvalue weighted by molar-refractivity contribution is 6.00. The summed E-state index contributed by atoms with van der Waals surface area (Å²) < 4.78 is 25.5. The lowest BCUT2D eigenvalue weighted by molar-refractivity contribution is 0.0276. The van der Waals surface area contributed by atoms with Crippen LogP contribution in [0.2, 0.25) is 0 Å². The van der Waals surface area contributed by atoms with Crippen molar-refractivity contribution in [3.63, 3.8) is 0 Å². The van der Waals surface area contributed by atoms with Gasteiger partial charge in [-0.3, -0.25) is 9.78 Å². The van der Waals surface area contributed by atoms with Crippen LogP contribution in [0.5, 0.6) is 5.75 Å². The molecule has 1 saturated heterocycles. The van der Waals surface area contributed by atoms with Gasteiger partial charge in [-0.1, -0.05) is 6.07 Å². The zero-order valence-electron chi connectivity index (χ0n) is 18.1. The number of carbonyl (C=O) groups is 2. The van der Waals surface area contributed by atoms with Crippen LogP contribution >= 0.6 is 0 Å². The van der Waals surface area contributed by atoms with E-state index >= 15 is 0 Å². The molecule has 2 amide bonds. The molecule has 164 valence electrons. The van der Waals surface area contributed by atoms with E-state index in [1.54, 1.807) is 28.0 Å². The van der Waals surface area contributed by atoms with Gasteiger partial charge in [0.15, 0.2) is 0 Å². The van der Waals surface area contributed by atoms with E-state index in [2.05, 4.69) is 4.98 Å². The first-order valence-electron chi connectivity index (χ1n) is 10.3. The predicted molar refractivity (Wildman–Crippen MR) is 112 cm³/mol. The van der Waals surface area contributed by atoms with Crippen LogP contribution in [0, 0.1) is 5.82 Å². The van der Waals surface area contributed by atoms with Crippen LogP contribution in [0.25, 0.3) is 11.3 Å². The molecule has 1 fully saturated rings. The molecule has 1 atom stereocenters. The Balaban J connectivity index is 1.59. The van der Waals surface area contributed by atoms with E-state index in [9.17, 15) is 14.0 Å². The van der Waals surface area contributed by atoms with Gasteiger partial charge in [-0.2, -0.15) is 0 Å². The minimum absolute atomic E-state index is 0.134. The Hall–Kier alpha value is -3.16. The van der Waals surface area contributed by atoms with Crippen LogP contribution in [0.1, 0.15) is 43.1 Å². The second kappa shape index (κ2) is 7.83. The number of hydrogen-bond donors (Lipinski definition) is 0. The Labute approximate surface area is 180 Å². The van der Waals surface area contributed by atoms with Gasteiger partial charge in [0.1, 0.15) is 17.2 Å². The van der Waals surface area contributed by atoms with Crippen molar-refractivity contribution >= 4 is 12.0 Å². The molecule has 0 radical (unpaired) electrons. The fraction of sp³-hybridized carbons (Fsp3) is 0.435. The van der Waals surface area contributed by atoms with Gasteiger partial charge in [0.2, 0.25) is 0 Å². The third kappa shape index (κ3) is 3.94. The monoisotopic (exact) mass is 427 g/mol. The van der Waals surface area contributed by atoms with Crippen LogP contribution in [-0.4, -0.2) is 58.6 Å². The molecule has 3 heterocycles. The Morgan fingerprint density at radius 3 is 2.74 bits per heavy atom. The number of fused-ring (bicyclic) bond motifs is 1. The predicted octanol–water partition coefficient (Wildman–Crippen LogP) is 3.86. The summed E-state index contributed by atoms with van der Waals surface area (Å²) in [6.07, 6.45) is 1.80. The molecule has 7 nitrogen and oxygen atoms in total. The van der Waals surface area contributed by atoms with Gasteiger partial charge in [-0.15, -0.1) is 0 Å². The average Bonchev–Trinajstić information content (AvgIpc) is 3.32. The summed E-state index contributed by atoms with van der Waals surface area (Å²) in [6, 6.07) is 6.12. The summed E-state index contributed by atoms with van der Waals surface area (Å²) >= 11 is 0. The van der Waals surface area contributed by atoms with Crippen molar-refractivity contribution in [3.8, 4) is 17.0 Å². The standard InChI is InChI=1S/C23H26FN3O4/c1-23(2,3)31-22(29)26-11-9-14(12-26)27-13-16-15(21(27)28)8-10-25-20(16)19-17(24)6-5-7-18(19)30-4/h5-8,10,14H,9,11-13H2,1-4H3. The number of carbonyl (C=O) groups excluding carboxylic acids is 2.